The molecule has 0 fully saturated rings. The minimum atomic E-state index is -0.344. The van der Waals surface area contributed by atoms with Crippen LogP contribution in [0.3, 0.4) is 0 Å². The van der Waals surface area contributed by atoms with Crippen LogP contribution < -0.4 is 10.2 Å². The van der Waals surface area contributed by atoms with Gasteiger partial charge in [-0.25, -0.2) is 5.43 Å². The zero-order valence-electron chi connectivity index (χ0n) is 19.8. The summed E-state index contributed by atoms with van der Waals surface area (Å²) < 4.78 is 12.3. The number of halogens is 1. The number of hydrogen-bond acceptors (Lipinski definition) is 4. The molecule has 3 aromatic rings. The molecule has 1 heterocycles. The van der Waals surface area contributed by atoms with E-state index in [-0.39, 0.29) is 23.3 Å². The van der Waals surface area contributed by atoms with Gasteiger partial charge in [0.25, 0.3) is 5.91 Å². The zero-order valence-corrected chi connectivity index (χ0v) is 21.4. The molecule has 1 aromatic heterocycles. The summed E-state index contributed by atoms with van der Waals surface area (Å²) in [5.41, 5.74) is 4.97. The van der Waals surface area contributed by atoms with Gasteiger partial charge >= 0.3 is 0 Å². The number of furan rings is 1. The van der Waals surface area contributed by atoms with Crippen LogP contribution in [0.4, 0.5) is 0 Å². The minimum absolute atomic E-state index is 0.0615. The molecule has 0 aliphatic carbocycles. The standard InChI is InChI=1S/C27H31BrN2O3/c1-26(2,3)18-27(4,5)20-8-12-22(13-9-20)32-17-25(31)30-29-16-23-14-15-24(33-23)19-6-10-21(28)11-7-19/h6-16H,17-18H2,1-5H3,(H,30,31)/b29-16+. The molecule has 6 heteroatoms. The quantitative estimate of drug-likeness (QED) is 0.263. The summed E-state index contributed by atoms with van der Waals surface area (Å²) in [5, 5.41) is 3.95. The molecule has 0 saturated carbocycles. The highest BCUT2D eigenvalue weighted by atomic mass is 79.9. The molecular formula is C27H31BrN2O3. The van der Waals surface area contributed by atoms with Gasteiger partial charge in [0.2, 0.25) is 0 Å². The molecule has 0 bridgehead atoms. The van der Waals surface area contributed by atoms with Gasteiger partial charge in [0.05, 0.1) is 6.21 Å². The van der Waals surface area contributed by atoms with Crippen molar-refractivity contribution in [2.75, 3.05) is 6.61 Å². The molecule has 0 aliphatic rings. The second-order valence-electron chi connectivity index (χ2n) is 9.94. The largest absolute Gasteiger partial charge is 0.484 e. The Labute approximate surface area is 204 Å². The van der Waals surface area contributed by atoms with Gasteiger partial charge in [-0.15, -0.1) is 0 Å². The predicted molar refractivity (Wildman–Crippen MR) is 137 cm³/mol. The van der Waals surface area contributed by atoms with Crippen molar-refractivity contribution in [1.82, 2.24) is 5.43 Å². The number of ether oxygens (including phenoxy) is 1. The number of carbonyl (C=O) groups is 1. The highest BCUT2D eigenvalue weighted by molar-refractivity contribution is 9.10. The Morgan fingerprint density at radius 3 is 2.30 bits per heavy atom. The van der Waals surface area contributed by atoms with Crippen molar-refractivity contribution in [2.24, 2.45) is 10.5 Å². The van der Waals surface area contributed by atoms with Crippen LogP contribution in [0.1, 0.15) is 52.4 Å². The molecule has 0 atom stereocenters. The van der Waals surface area contributed by atoms with E-state index in [9.17, 15) is 4.79 Å². The fraction of sp³-hybridized carbons (Fsp3) is 0.333. The Kier molecular flexibility index (Phi) is 7.80. The van der Waals surface area contributed by atoms with E-state index in [1.165, 1.54) is 11.8 Å². The van der Waals surface area contributed by atoms with Crippen molar-refractivity contribution < 1.29 is 13.9 Å². The van der Waals surface area contributed by atoms with Gasteiger partial charge in [0.1, 0.15) is 17.3 Å². The molecule has 1 N–H and O–H groups in total. The number of amides is 1. The van der Waals surface area contributed by atoms with E-state index in [2.05, 4.69) is 73.2 Å². The average molecular weight is 511 g/mol. The summed E-state index contributed by atoms with van der Waals surface area (Å²) in [6.07, 6.45) is 2.53. The fourth-order valence-corrected chi connectivity index (χ4v) is 4.24. The van der Waals surface area contributed by atoms with Gasteiger partial charge in [0.15, 0.2) is 6.61 Å². The summed E-state index contributed by atoms with van der Waals surface area (Å²) in [6, 6.07) is 19.4. The van der Waals surface area contributed by atoms with Crippen LogP contribution in [0.5, 0.6) is 5.75 Å². The number of rotatable bonds is 8. The van der Waals surface area contributed by atoms with Crippen molar-refractivity contribution in [3.63, 3.8) is 0 Å². The maximum Gasteiger partial charge on any atom is 0.277 e. The SMILES string of the molecule is CC(C)(C)CC(C)(C)c1ccc(OCC(=O)N/N=C/c2ccc(-c3ccc(Br)cc3)o2)cc1. The summed E-state index contributed by atoms with van der Waals surface area (Å²) in [6.45, 7) is 11.1. The Hall–Kier alpha value is -2.86. The Morgan fingerprint density at radius 2 is 1.67 bits per heavy atom. The van der Waals surface area contributed by atoms with Gasteiger partial charge in [0, 0.05) is 10.0 Å². The maximum atomic E-state index is 12.1. The fourth-order valence-electron chi connectivity index (χ4n) is 3.97. The number of nitrogens with zero attached hydrogens (tertiary/aromatic N) is 1. The first-order valence-electron chi connectivity index (χ1n) is 10.9. The number of hydrazone groups is 1. The molecule has 33 heavy (non-hydrogen) atoms. The van der Waals surface area contributed by atoms with E-state index < -0.39 is 0 Å². The first-order chi connectivity index (χ1) is 15.5. The minimum Gasteiger partial charge on any atom is -0.484 e. The van der Waals surface area contributed by atoms with Gasteiger partial charge < -0.3 is 9.15 Å². The normalized spacial score (nSPS) is 12.2. The molecule has 1 amide bonds. The molecule has 5 nitrogen and oxygen atoms in total. The van der Waals surface area contributed by atoms with E-state index in [1.54, 1.807) is 6.07 Å². The van der Waals surface area contributed by atoms with Crippen LogP contribution in [0.15, 0.2) is 74.7 Å². The van der Waals surface area contributed by atoms with Crippen molar-refractivity contribution in [3.8, 4) is 17.1 Å². The number of carbonyl (C=O) groups excluding carboxylic acids is 1. The number of benzene rings is 2. The second-order valence-corrected chi connectivity index (χ2v) is 10.9. The predicted octanol–water partition coefficient (Wildman–Crippen LogP) is 6.95. The third kappa shape index (κ3) is 7.60. The summed E-state index contributed by atoms with van der Waals surface area (Å²) >= 11 is 3.42. The summed E-state index contributed by atoms with van der Waals surface area (Å²) in [5.74, 6) is 1.58. The van der Waals surface area contributed by atoms with Crippen molar-refractivity contribution in [1.29, 1.82) is 0 Å². The lowest BCUT2D eigenvalue weighted by Gasteiger charge is -2.33. The number of hydrogen-bond donors (Lipinski definition) is 1. The Morgan fingerprint density at radius 1 is 1.00 bits per heavy atom. The monoisotopic (exact) mass is 510 g/mol. The average Bonchev–Trinajstić information content (AvgIpc) is 3.20. The Balaban J connectivity index is 1.48. The molecule has 174 valence electrons. The van der Waals surface area contributed by atoms with E-state index in [1.807, 2.05) is 42.5 Å². The zero-order chi connectivity index (χ0) is 24.1. The smallest absolute Gasteiger partial charge is 0.277 e. The lowest BCUT2D eigenvalue weighted by Crippen LogP contribution is -2.25. The first-order valence-corrected chi connectivity index (χ1v) is 11.7. The van der Waals surface area contributed by atoms with Crippen LogP contribution in [0, 0.1) is 5.41 Å². The summed E-state index contributed by atoms with van der Waals surface area (Å²) in [4.78, 5) is 12.1. The molecule has 3 rings (SSSR count). The lowest BCUT2D eigenvalue weighted by atomic mass is 9.72. The van der Waals surface area contributed by atoms with Gasteiger partial charge in [-0.05, 0) is 59.2 Å². The molecule has 2 aromatic carbocycles. The van der Waals surface area contributed by atoms with Crippen LogP contribution in [-0.4, -0.2) is 18.7 Å². The Bertz CT molecular complexity index is 1090. The van der Waals surface area contributed by atoms with E-state index >= 15 is 0 Å². The van der Waals surface area contributed by atoms with Crippen LogP contribution in [0.25, 0.3) is 11.3 Å². The van der Waals surface area contributed by atoms with Crippen molar-refractivity contribution in [3.05, 3.63) is 76.5 Å². The third-order valence-corrected chi connectivity index (χ3v) is 5.64. The van der Waals surface area contributed by atoms with Crippen LogP contribution in [0.2, 0.25) is 0 Å². The highest BCUT2D eigenvalue weighted by Crippen LogP contribution is 2.36. The summed E-state index contributed by atoms with van der Waals surface area (Å²) in [7, 11) is 0. The van der Waals surface area contributed by atoms with E-state index in [4.69, 9.17) is 9.15 Å². The van der Waals surface area contributed by atoms with Crippen molar-refractivity contribution >= 4 is 28.1 Å². The van der Waals surface area contributed by atoms with E-state index in [0.29, 0.717) is 11.5 Å². The number of nitrogens with one attached hydrogen (secondary N) is 1. The maximum absolute atomic E-state index is 12.1. The molecular weight excluding hydrogens is 480 g/mol. The topological polar surface area (TPSA) is 63.8 Å². The molecule has 0 radical (unpaired) electrons. The van der Waals surface area contributed by atoms with Gasteiger partial charge in [-0.1, -0.05) is 74.8 Å². The third-order valence-electron chi connectivity index (χ3n) is 5.11. The van der Waals surface area contributed by atoms with Crippen molar-refractivity contribution in [2.45, 2.75) is 46.5 Å². The highest BCUT2D eigenvalue weighted by Gasteiger charge is 2.27. The molecule has 0 aliphatic heterocycles. The van der Waals surface area contributed by atoms with Gasteiger partial charge in [-0.3, -0.25) is 4.79 Å². The molecule has 0 unspecified atom stereocenters. The van der Waals surface area contributed by atoms with Crippen LogP contribution in [-0.2, 0) is 10.2 Å². The first kappa shape index (κ1) is 24.8. The molecule has 0 spiro atoms. The van der Waals surface area contributed by atoms with Gasteiger partial charge in [-0.2, -0.15) is 5.10 Å². The lowest BCUT2D eigenvalue weighted by molar-refractivity contribution is -0.123. The van der Waals surface area contributed by atoms with Crippen LogP contribution >= 0.6 is 15.9 Å². The molecule has 0 saturated heterocycles. The van der Waals surface area contributed by atoms with E-state index in [0.717, 1.165) is 22.2 Å². The second kappa shape index (κ2) is 10.4.